The van der Waals surface area contributed by atoms with Crippen molar-refractivity contribution in [2.24, 2.45) is 0 Å². The van der Waals surface area contributed by atoms with E-state index in [1.165, 1.54) is 10.2 Å². The zero-order valence-electron chi connectivity index (χ0n) is 4.54. The van der Waals surface area contributed by atoms with Gasteiger partial charge in [0, 0.05) is 4.90 Å². The predicted molar refractivity (Wildman–Crippen MR) is 42.9 cm³/mol. The fraction of sp³-hybridized carbons (Fsp3) is 0. The molecule has 48 valence electrons. The van der Waals surface area contributed by atoms with Crippen molar-refractivity contribution >= 4 is 25.0 Å². The van der Waals surface area contributed by atoms with Crippen LogP contribution in [0.25, 0.3) is 0 Å². The van der Waals surface area contributed by atoms with E-state index in [1.807, 2.05) is 12.1 Å². The fourth-order valence-electron chi connectivity index (χ4n) is 0.498. The molecule has 0 bridgehead atoms. The quantitative estimate of drug-likeness (QED) is 0.760. The van der Waals surface area contributed by atoms with Crippen LogP contribution >= 0.6 is 25.0 Å². The lowest BCUT2D eigenvalue weighted by molar-refractivity contribution is 0.475. The topological polar surface area (TPSA) is 20.2 Å². The first-order valence-electron chi connectivity index (χ1n) is 2.40. The largest absolute Gasteiger partial charge is 0.508 e. The number of hydrogen-bond donors (Lipinski definition) is 1. The van der Waals surface area contributed by atoms with E-state index < -0.39 is 0 Å². The standard InChI is InChI=1S/C6H5BrOS/c7-9-6-3-1-5(8)2-4-6/h1-4,8H. The maximum atomic E-state index is 8.83. The molecule has 0 heterocycles. The second kappa shape index (κ2) is 3.13. The molecule has 0 saturated carbocycles. The highest BCUT2D eigenvalue weighted by molar-refractivity contribution is 9.50. The third-order valence-corrected chi connectivity index (χ3v) is 2.50. The second-order valence-electron chi connectivity index (χ2n) is 1.57. The minimum absolute atomic E-state index is 0.306. The Labute approximate surface area is 65.3 Å². The van der Waals surface area contributed by atoms with E-state index in [0.29, 0.717) is 5.75 Å². The van der Waals surface area contributed by atoms with Gasteiger partial charge < -0.3 is 5.11 Å². The molecule has 0 aliphatic rings. The molecule has 0 amide bonds. The van der Waals surface area contributed by atoms with E-state index in [2.05, 4.69) is 14.8 Å². The first-order valence-corrected chi connectivity index (χ1v) is 5.06. The molecule has 1 N–H and O–H groups in total. The van der Waals surface area contributed by atoms with Crippen LogP contribution in [0, 0.1) is 0 Å². The van der Waals surface area contributed by atoms with Crippen molar-refractivity contribution in [3.05, 3.63) is 24.3 Å². The number of aromatic hydroxyl groups is 1. The number of hydrogen-bond acceptors (Lipinski definition) is 2. The minimum atomic E-state index is 0.306. The predicted octanol–water partition coefficient (Wildman–Crippen LogP) is 2.79. The summed E-state index contributed by atoms with van der Waals surface area (Å²) in [7, 11) is 1.48. The summed E-state index contributed by atoms with van der Waals surface area (Å²) in [5.74, 6) is 0.306. The van der Waals surface area contributed by atoms with Gasteiger partial charge >= 0.3 is 0 Å². The highest BCUT2D eigenvalue weighted by atomic mass is 79.9. The van der Waals surface area contributed by atoms with Gasteiger partial charge in [-0.25, -0.2) is 0 Å². The molecule has 1 nitrogen and oxygen atoms in total. The smallest absolute Gasteiger partial charge is 0.115 e. The van der Waals surface area contributed by atoms with E-state index in [-0.39, 0.29) is 0 Å². The van der Waals surface area contributed by atoms with Gasteiger partial charge in [0.05, 0.1) is 0 Å². The lowest BCUT2D eigenvalue weighted by Gasteiger charge is -1.91. The highest BCUT2D eigenvalue weighted by Crippen LogP contribution is 2.25. The lowest BCUT2D eigenvalue weighted by Crippen LogP contribution is -1.64. The summed E-state index contributed by atoms with van der Waals surface area (Å²) >= 11 is 3.22. The van der Waals surface area contributed by atoms with Crippen LogP contribution in [0.15, 0.2) is 29.2 Å². The first-order chi connectivity index (χ1) is 4.33. The monoisotopic (exact) mass is 204 g/mol. The molecule has 0 unspecified atom stereocenters. The number of phenols is 1. The molecule has 3 heteroatoms. The molecule has 1 aromatic rings. The SMILES string of the molecule is Oc1ccc(SBr)cc1. The maximum absolute atomic E-state index is 8.83. The molecule has 0 spiro atoms. The average molecular weight is 205 g/mol. The molecule has 1 rings (SSSR count). The van der Waals surface area contributed by atoms with E-state index in [0.717, 1.165) is 4.90 Å². The number of rotatable bonds is 1. The van der Waals surface area contributed by atoms with Gasteiger partial charge in [-0.05, 0) is 49.3 Å². The number of benzene rings is 1. The van der Waals surface area contributed by atoms with Crippen LogP contribution in [0.3, 0.4) is 0 Å². The summed E-state index contributed by atoms with van der Waals surface area (Å²) in [6.07, 6.45) is 0. The zero-order valence-corrected chi connectivity index (χ0v) is 6.95. The third kappa shape index (κ3) is 1.91. The Morgan fingerprint density at radius 1 is 1.22 bits per heavy atom. The lowest BCUT2D eigenvalue weighted by atomic mass is 10.3. The van der Waals surface area contributed by atoms with Crippen molar-refractivity contribution in [2.45, 2.75) is 4.90 Å². The first kappa shape index (κ1) is 6.96. The normalized spacial score (nSPS) is 9.44. The molecule has 0 atom stereocenters. The van der Waals surface area contributed by atoms with E-state index in [1.54, 1.807) is 12.1 Å². The minimum Gasteiger partial charge on any atom is -0.508 e. The van der Waals surface area contributed by atoms with Crippen LogP contribution in [0.4, 0.5) is 0 Å². The molecular weight excluding hydrogens is 200 g/mol. The molecule has 0 fully saturated rings. The van der Waals surface area contributed by atoms with Crippen molar-refractivity contribution < 1.29 is 5.11 Å². The van der Waals surface area contributed by atoms with Crippen LogP contribution in [0.2, 0.25) is 0 Å². The molecule has 1 aromatic carbocycles. The van der Waals surface area contributed by atoms with Crippen molar-refractivity contribution in [2.75, 3.05) is 0 Å². The van der Waals surface area contributed by atoms with Gasteiger partial charge in [-0.2, -0.15) is 0 Å². The van der Waals surface area contributed by atoms with Gasteiger partial charge in [0.25, 0.3) is 0 Å². The molecule has 0 saturated heterocycles. The van der Waals surface area contributed by atoms with E-state index in [4.69, 9.17) is 5.11 Å². The van der Waals surface area contributed by atoms with Gasteiger partial charge in [0.15, 0.2) is 0 Å². The molecule has 0 aliphatic carbocycles. The molecule has 0 aromatic heterocycles. The van der Waals surface area contributed by atoms with Crippen molar-refractivity contribution in [1.82, 2.24) is 0 Å². The Balaban J connectivity index is 2.88. The zero-order chi connectivity index (χ0) is 6.69. The van der Waals surface area contributed by atoms with Crippen LogP contribution in [-0.4, -0.2) is 5.11 Å². The molecule has 0 radical (unpaired) electrons. The number of halogens is 1. The summed E-state index contributed by atoms with van der Waals surface area (Å²) in [5, 5.41) is 8.83. The van der Waals surface area contributed by atoms with Gasteiger partial charge in [0.2, 0.25) is 0 Å². The third-order valence-electron chi connectivity index (χ3n) is 0.926. The Kier molecular flexibility index (Phi) is 2.42. The summed E-state index contributed by atoms with van der Waals surface area (Å²) in [6, 6.07) is 7.00. The van der Waals surface area contributed by atoms with Crippen molar-refractivity contribution in [3.63, 3.8) is 0 Å². The van der Waals surface area contributed by atoms with Crippen molar-refractivity contribution in [3.8, 4) is 5.75 Å². The maximum Gasteiger partial charge on any atom is 0.115 e. The molecule has 9 heavy (non-hydrogen) atoms. The molecule has 0 aliphatic heterocycles. The summed E-state index contributed by atoms with van der Waals surface area (Å²) in [4.78, 5) is 1.09. The second-order valence-corrected chi connectivity index (χ2v) is 3.17. The Morgan fingerprint density at radius 3 is 2.22 bits per heavy atom. The summed E-state index contributed by atoms with van der Waals surface area (Å²) < 4.78 is 0. The fourth-order valence-corrected chi connectivity index (χ4v) is 1.38. The van der Waals surface area contributed by atoms with Gasteiger partial charge in [-0.3, -0.25) is 0 Å². The van der Waals surface area contributed by atoms with Crippen molar-refractivity contribution in [1.29, 1.82) is 0 Å². The van der Waals surface area contributed by atoms with Crippen LogP contribution in [0.1, 0.15) is 0 Å². The average Bonchev–Trinajstić information content (AvgIpc) is 1.90. The van der Waals surface area contributed by atoms with Gasteiger partial charge in [0.1, 0.15) is 5.75 Å². The van der Waals surface area contributed by atoms with Gasteiger partial charge in [-0.15, -0.1) is 0 Å². The number of phenolic OH excluding ortho intramolecular Hbond substituents is 1. The van der Waals surface area contributed by atoms with Crippen LogP contribution in [-0.2, 0) is 0 Å². The van der Waals surface area contributed by atoms with E-state index >= 15 is 0 Å². The highest BCUT2D eigenvalue weighted by Gasteiger charge is 1.88. The van der Waals surface area contributed by atoms with Crippen LogP contribution < -0.4 is 0 Å². The Bertz CT molecular complexity index is 185. The summed E-state index contributed by atoms with van der Waals surface area (Å²) in [6.45, 7) is 0. The van der Waals surface area contributed by atoms with E-state index in [9.17, 15) is 0 Å². The Hall–Kier alpha value is -0.150. The van der Waals surface area contributed by atoms with Gasteiger partial charge in [-0.1, -0.05) is 0 Å². The Morgan fingerprint density at radius 2 is 1.78 bits per heavy atom. The van der Waals surface area contributed by atoms with Crippen LogP contribution in [0.5, 0.6) is 5.75 Å². The molecular formula is C6H5BrOS. The summed E-state index contributed by atoms with van der Waals surface area (Å²) in [5.41, 5.74) is 0.